The molecule has 5 nitrogen and oxygen atoms in total. The highest BCUT2D eigenvalue weighted by molar-refractivity contribution is 7.15. The molecule has 0 amide bonds. The maximum Gasteiger partial charge on any atom is 0.205 e. The summed E-state index contributed by atoms with van der Waals surface area (Å²) in [6.07, 6.45) is 2.61. The third-order valence-electron chi connectivity index (χ3n) is 3.48. The Kier molecular flexibility index (Phi) is 5.54. The monoisotopic (exact) mass is 283 g/mol. The van der Waals surface area contributed by atoms with Crippen molar-refractivity contribution < 1.29 is 0 Å². The lowest BCUT2D eigenvalue weighted by molar-refractivity contribution is 0.156. The van der Waals surface area contributed by atoms with Crippen LogP contribution in [0.1, 0.15) is 24.8 Å². The van der Waals surface area contributed by atoms with Crippen molar-refractivity contribution in [3.05, 3.63) is 5.01 Å². The number of anilines is 1. The van der Waals surface area contributed by atoms with Gasteiger partial charge in [0.05, 0.1) is 6.54 Å². The molecule has 1 aliphatic heterocycles. The van der Waals surface area contributed by atoms with Gasteiger partial charge in [0.25, 0.3) is 0 Å². The van der Waals surface area contributed by atoms with Gasteiger partial charge in [-0.3, -0.25) is 4.90 Å². The van der Waals surface area contributed by atoms with E-state index in [9.17, 15) is 0 Å². The Labute approximate surface area is 120 Å². The molecule has 1 N–H and O–H groups in total. The molecule has 0 aromatic carbocycles. The highest BCUT2D eigenvalue weighted by Crippen LogP contribution is 2.21. The summed E-state index contributed by atoms with van der Waals surface area (Å²) in [5.74, 6) is 0.859. The van der Waals surface area contributed by atoms with E-state index in [0.717, 1.165) is 29.1 Å². The molecule has 2 heterocycles. The molecule has 6 heteroatoms. The molecular weight excluding hydrogens is 258 g/mol. The molecular formula is C13H25N5S. The fourth-order valence-electron chi connectivity index (χ4n) is 2.57. The van der Waals surface area contributed by atoms with Gasteiger partial charge in [-0.2, -0.15) is 0 Å². The summed E-state index contributed by atoms with van der Waals surface area (Å²) in [6, 6.07) is 0. The van der Waals surface area contributed by atoms with E-state index in [4.69, 9.17) is 0 Å². The number of nitrogens with zero attached hydrogens (tertiary/aromatic N) is 4. The van der Waals surface area contributed by atoms with Gasteiger partial charge >= 0.3 is 0 Å². The van der Waals surface area contributed by atoms with Crippen LogP contribution in [0.3, 0.4) is 0 Å². The molecule has 0 radical (unpaired) electrons. The normalized spacial score (nSPS) is 18.1. The van der Waals surface area contributed by atoms with E-state index < -0.39 is 0 Å². The first-order chi connectivity index (χ1) is 9.17. The maximum atomic E-state index is 4.25. The Hall–Kier alpha value is -0.720. The molecule has 19 heavy (non-hydrogen) atoms. The number of aromatic nitrogens is 2. The molecule has 0 bridgehead atoms. The second-order valence-corrected chi connectivity index (χ2v) is 6.58. The number of rotatable bonds is 6. The van der Waals surface area contributed by atoms with Crippen LogP contribution in [0.25, 0.3) is 0 Å². The summed E-state index contributed by atoms with van der Waals surface area (Å²) in [6.45, 7) is 7.54. The molecule has 0 atom stereocenters. The Morgan fingerprint density at radius 2 is 2.05 bits per heavy atom. The van der Waals surface area contributed by atoms with E-state index in [-0.39, 0.29) is 0 Å². The van der Waals surface area contributed by atoms with E-state index >= 15 is 0 Å². The summed E-state index contributed by atoms with van der Waals surface area (Å²) in [5, 5.41) is 13.7. The lowest BCUT2D eigenvalue weighted by Gasteiger charge is -2.32. The van der Waals surface area contributed by atoms with Crippen LogP contribution in [-0.2, 0) is 6.54 Å². The molecule has 1 aromatic rings. The van der Waals surface area contributed by atoms with E-state index in [2.05, 4.69) is 46.3 Å². The topological polar surface area (TPSA) is 44.3 Å². The van der Waals surface area contributed by atoms with E-state index in [1.165, 1.54) is 32.5 Å². The van der Waals surface area contributed by atoms with Crippen LogP contribution < -0.4 is 5.32 Å². The van der Waals surface area contributed by atoms with Crippen molar-refractivity contribution in [1.29, 1.82) is 0 Å². The zero-order valence-electron chi connectivity index (χ0n) is 12.2. The van der Waals surface area contributed by atoms with Crippen LogP contribution in [0.15, 0.2) is 0 Å². The van der Waals surface area contributed by atoms with Crippen LogP contribution in [0, 0.1) is 5.92 Å². The first-order valence-electron chi connectivity index (χ1n) is 7.10. The highest BCUT2D eigenvalue weighted by atomic mass is 32.1. The first kappa shape index (κ1) is 14.7. The minimum absolute atomic E-state index is 0.859. The van der Waals surface area contributed by atoms with Crippen LogP contribution in [0.4, 0.5) is 5.13 Å². The minimum atomic E-state index is 0.859. The van der Waals surface area contributed by atoms with Gasteiger partial charge in [0.1, 0.15) is 5.01 Å². The molecule has 1 saturated heterocycles. The van der Waals surface area contributed by atoms with Crippen molar-refractivity contribution in [2.75, 3.05) is 45.6 Å². The average molecular weight is 283 g/mol. The predicted octanol–water partition coefficient (Wildman–Crippen LogP) is 1.74. The van der Waals surface area contributed by atoms with Crippen molar-refractivity contribution in [3.8, 4) is 0 Å². The van der Waals surface area contributed by atoms with Crippen molar-refractivity contribution in [1.82, 2.24) is 20.0 Å². The quantitative estimate of drug-likeness (QED) is 0.861. The molecule has 1 fully saturated rings. The van der Waals surface area contributed by atoms with Gasteiger partial charge in [-0.1, -0.05) is 11.3 Å². The second kappa shape index (κ2) is 7.17. The Morgan fingerprint density at radius 3 is 2.68 bits per heavy atom. The number of hydrogen-bond acceptors (Lipinski definition) is 6. The molecule has 0 saturated carbocycles. The molecule has 1 aromatic heterocycles. The third-order valence-corrected chi connectivity index (χ3v) is 4.35. The Bertz CT molecular complexity index is 371. The lowest BCUT2D eigenvalue weighted by atomic mass is 9.96. The summed E-state index contributed by atoms with van der Waals surface area (Å²) in [4.78, 5) is 4.80. The zero-order valence-corrected chi connectivity index (χ0v) is 13.0. The van der Waals surface area contributed by atoms with Crippen LogP contribution in [-0.4, -0.2) is 60.3 Å². The van der Waals surface area contributed by atoms with Gasteiger partial charge in [-0.05, 0) is 52.9 Å². The third kappa shape index (κ3) is 4.71. The average Bonchev–Trinajstić information content (AvgIpc) is 2.79. The maximum absolute atomic E-state index is 4.25. The fourth-order valence-corrected chi connectivity index (χ4v) is 3.43. The zero-order chi connectivity index (χ0) is 13.7. The number of likely N-dealkylation sites (tertiary alicyclic amines) is 1. The fraction of sp³-hybridized carbons (Fsp3) is 0.846. The number of nitrogens with one attached hydrogen (secondary N) is 1. The van der Waals surface area contributed by atoms with Crippen LogP contribution in [0.2, 0.25) is 0 Å². The smallest absolute Gasteiger partial charge is 0.205 e. The van der Waals surface area contributed by atoms with Crippen molar-refractivity contribution >= 4 is 16.5 Å². The molecule has 1 aliphatic rings. The number of piperidine rings is 1. The van der Waals surface area contributed by atoms with Crippen LogP contribution >= 0.6 is 11.3 Å². The van der Waals surface area contributed by atoms with Gasteiger partial charge in [0, 0.05) is 13.1 Å². The standard InChI is InChI=1S/C13H25N5S/c1-4-14-13-16-15-12(19-13)10-18-7-5-11(6-8-18)9-17(2)3/h11H,4-10H2,1-3H3,(H,14,16). The van der Waals surface area contributed by atoms with Crippen molar-refractivity contribution in [2.24, 2.45) is 5.92 Å². The minimum Gasteiger partial charge on any atom is -0.360 e. The first-order valence-corrected chi connectivity index (χ1v) is 7.92. The van der Waals surface area contributed by atoms with E-state index in [1.807, 2.05) is 0 Å². The van der Waals surface area contributed by atoms with Gasteiger partial charge in [0.2, 0.25) is 5.13 Å². The van der Waals surface area contributed by atoms with Crippen LogP contribution in [0.5, 0.6) is 0 Å². The SMILES string of the molecule is CCNc1nnc(CN2CCC(CN(C)C)CC2)s1. The predicted molar refractivity (Wildman–Crippen MR) is 80.6 cm³/mol. The van der Waals surface area contributed by atoms with Gasteiger partial charge in [-0.15, -0.1) is 10.2 Å². The Morgan fingerprint density at radius 1 is 1.32 bits per heavy atom. The summed E-state index contributed by atoms with van der Waals surface area (Å²) < 4.78 is 0. The highest BCUT2D eigenvalue weighted by Gasteiger charge is 2.20. The van der Waals surface area contributed by atoms with Gasteiger partial charge in [0.15, 0.2) is 0 Å². The molecule has 0 spiro atoms. The second-order valence-electron chi connectivity index (χ2n) is 5.51. The van der Waals surface area contributed by atoms with Gasteiger partial charge in [-0.25, -0.2) is 0 Å². The largest absolute Gasteiger partial charge is 0.360 e. The van der Waals surface area contributed by atoms with E-state index in [0.29, 0.717) is 0 Å². The molecule has 0 aliphatic carbocycles. The summed E-state index contributed by atoms with van der Waals surface area (Å²) in [7, 11) is 4.33. The van der Waals surface area contributed by atoms with E-state index in [1.54, 1.807) is 11.3 Å². The molecule has 108 valence electrons. The van der Waals surface area contributed by atoms with Crippen molar-refractivity contribution in [2.45, 2.75) is 26.3 Å². The van der Waals surface area contributed by atoms with Crippen molar-refractivity contribution in [3.63, 3.8) is 0 Å². The summed E-state index contributed by atoms with van der Waals surface area (Å²) >= 11 is 1.68. The number of hydrogen-bond donors (Lipinski definition) is 1. The molecule has 0 unspecified atom stereocenters. The summed E-state index contributed by atoms with van der Waals surface area (Å²) in [5.41, 5.74) is 0. The Balaban J connectivity index is 1.75. The lowest BCUT2D eigenvalue weighted by Crippen LogP contribution is -2.36. The van der Waals surface area contributed by atoms with Gasteiger partial charge < -0.3 is 10.2 Å². The molecule has 2 rings (SSSR count).